The van der Waals surface area contributed by atoms with Gasteiger partial charge in [-0.25, -0.2) is 0 Å². The number of hydrogen-bond donors (Lipinski definition) is 1. The summed E-state index contributed by atoms with van der Waals surface area (Å²) in [6, 6.07) is 9.50. The van der Waals surface area contributed by atoms with Gasteiger partial charge in [-0.1, -0.05) is 29.8 Å². The molecule has 0 fully saturated rings. The predicted molar refractivity (Wildman–Crippen MR) is 84.0 cm³/mol. The van der Waals surface area contributed by atoms with Gasteiger partial charge in [0.1, 0.15) is 5.15 Å². The molecule has 3 rings (SSSR count). The van der Waals surface area contributed by atoms with Gasteiger partial charge in [0.15, 0.2) is 0 Å². The number of hydrogen-bond acceptors (Lipinski definition) is 5. The van der Waals surface area contributed by atoms with E-state index in [0.29, 0.717) is 35.5 Å². The quantitative estimate of drug-likeness (QED) is 0.773. The standard InChI is InChI=1S/C15H14ClN5O2/c1-21-13(16)11(9-18-21)14(22)17-8-7-12-19-20-15(23-12)10-5-3-2-4-6-10/h2-6,9H,7-8H2,1H3,(H,17,22). The van der Waals surface area contributed by atoms with E-state index in [1.807, 2.05) is 30.3 Å². The summed E-state index contributed by atoms with van der Waals surface area (Å²) in [5.74, 6) is 0.634. The van der Waals surface area contributed by atoms with E-state index >= 15 is 0 Å². The summed E-state index contributed by atoms with van der Waals surface area (Å²) in [7, 11) is 1.67. The molecule has 2 aromatic heterocycles. The molecule has 118 valence electrons. The minimum absolute atomic E-state index is 0.286. The third-order valence-electron chi connectivity index (χ3n) is 3.22. The first kappa shape index (κ1) is 15.2. The Hall–Kier alpha value is -2.67. The summed E-state index contributed by atoms with van der Waals surface area (Å²) in [6.45, 7) is 0.362. The fourth-order valence-corrected chi connectivity index (χ4v) is 2.18. The van der Waals surface area contributed by atoms with Crippen LogP contribution in [0.4, 0.5) is 0 Å². The number of carbonyl (C=O) groups excluding carboxylic acids is 1. The van der Waals surface area contributed by atoms with Crippen molar-refractivity contribution in [1.82, 2.24) is 25.3 Å². The van der Waals surface area contributed by atoms with Crippen molar-refractivity contribution in [2.75, 3.05) is 6.54 Å². The molecule has 23 heavy (non-hydrogen) atoms. The number of aromatic nitrogens is 4. The second-order valence-electron chi connectivity index (χ2n) is 4.85. The van der Waals surface area contributed by atoms with Gasteiger partial charge in [-0.2, -0.15) is 5.10 Å². The molecule has 0 saturated carbocycles. The maximum Gasteiger partial charge on any atom is 0.256 e. The van der Waals surface area contributed by atoms with E-state index in [-0.39, 0.29) is 5.91 Å². The molecule has 0 radical (unpaired) electrons. The molecule has 1 N–H and O–H groups in total. The maximum atomic E-state index is 12.0. The van der Waals surface area contributed by atoms with Gasteiger partial charge in [0, 0.05) is 25.6 Å². The Labute approximate surface area is 137 Å². The smallest absolute Gasteiger partial charge is 0.256 e. The molecule has 0 bridgehead atoms. The van der Waals surface area contributed by atoms with Gasteiger partial charge in [-0.15, -0.1) is 10.2 Å². The lowest BCUT2D eigenvalue weighted by molar-refractivity contribution is 0.0953. The molecule has 0 aliphatic rings. The third kappa shape index (κ3) is 3.40. The van der Waals surface area contributed by atoms with Crippen LogP contribution in [0.15, 0.2) is 40.9 Å². The van der Waals surface area contributed by atoms with Crippen LogP contribution in [0.3, 0.4) is 0 Å². The second-order valence-corrected chi connectivity index (χ2v) is 5.20. The molecule has 8 heteroatoms. The van der Waals surface area contributed by atoms with Crippen molar-refractivity contribution in [1.29, 1.82) is 0 Å². The van der Waals surface area contributed by atoms with Gasteiger partial charge in [-0.05, 0) is 12.1 Å². The van der Waals surface area contributed by atoms with Crippen LogP contribution in [0.2, 0.25) is 5.15 Å². The van der Waals surface area contributed by atoms with Gasteiger partial charge in [0.2, 0.25) is 11.8 Å². The van der Waals surface area contributed by atoms with Crippen molar-refractivity contribution in [2.45, 2.75) is 6.42 Å². The first-order valence-corrected chi connectivity index (χ1v) is 7.36. The van der Waals surface area contributed by atoms with E-state index in [1.165, 1.54) is 10.9 Å². The predicted octanol–water partition coefficient (Wildman–Crippen LogP) is 2.10. The number of nitrogens with one attached hydrogen (secondary N) is 1. The normalized spacial score (nSPS) is 10.7. The molecule has 0 aliphatic heterocycles. The topological polar surface area (TPSA) is 85.8 Å². The minimum Gasteiger partial charge on any atom is -0.421 e. The molecule has 0 saturated heterocycles. The molecule has 1 aromatic carbocycles. The summed E-state index contributed by atoms with van der Waals surface area (Å²) in [6.07, 6.45) is 1.86. The van der Waals surface area contributed by atoms with Gasteiger partial charge < -0.3 is 9.73 Å². The Morgan fingerprint density at radius 2 is 2.09 bits per heavy atom. The fourth-order valence-electron chi connectivity index (χ4n) is 2.01. The maximum absolute atomic E-state index is 12.0. The molecular formula is C15H14ClN5O2. The van der Waals surface area contributed by atoms with Crippen LogP contribution in [-0.4, -0.2) is 32.4 Å². The van der Waals surface area contributed by atoms with Crippen LogP contribution in [0.25, 0.3) is 11.5 Å². The van der Waals surface area contributed by atoms with E-state index in [4.69, 9.17) is 16.0 Å². The van der Waals surface area contributed by atoms with Crippen molar-refractivity contribution in [3.05, 3.63) is 53.1 Å². The summed E-state index contributed by atoms with van der Waals surface area (Å²) >= 11 is 5.97. The van der Waals surface area contributed by atoms with Crippen molar-refractivity contribution >= 4 is 17.5 Å². The molecular weight excluding hydrogens is 318 g/mol. The zero-order chi connectivity index (χ0) is 16.2. The SMILES string of the molecule is Cn1ncc(C(=O)NCCc2nnc(-c3ccccc3)o2)c1Cl. The molecule has 0 aliphatic carbocycles. The third-order valence-corrected chi connectivity index (χ3v) is 3.67. The molecule has 3 aromatic rings. The fraction of sp³-hybridized carbons (Fsp3) is 0.200. The molecule has 0 atom stereocenters. The van der Waals surface area contributed by atoms with Crippen LogP contribution in [0.5, 0.6) is 0 Å². The summed E-state index contributed by atoms with van der Waals surface area (Å²) in [4.78, 5) is 12.0. The van der Waals surface area contributed by atoms with Crippen LogP contribution in [-0.2, 0) is 13.5 Å². The molecule has 0 unspecified atom stereocenters. The monoisotopic (exact) mass is 331 g/mol. The van der Waals surface area contributed by atoms with Crippen molar-refractivity contribution in [2.24, 2.45) is 7.05 Å². The van der Waals surface area contributed by atoms with Crippen molar-refractivity contribution in [3.63, 3.8) is 0 Å². The highest BCUT2D eigenvalue weighted by Gasteiger charge is 2.14. The van der Waals surface area contributed by atoms with E-state index in [2.05, 4.69) is 20.6 Å². The Morgan fingerprint density at radius 1 is 1.30 bits per heavy atom. The number of aryl methyl sites for hydroxylation is 1. The van der Waals surface area contributed by atoms with Crippen LogP contribution in [0.1, 0.15) is 16.2 Å². The largest absolute Gasteiger partial charge is 0.421 e. The lowest BCUT2D eigenvalue weighted by Gasteiger charge is -2.02. The summed E-state index contributed by atoms with van der Waals surface area (Å²) in [5.41, 5.74) is 1.20. The first-order valence-electron chi connectivity index (χ1n) is 6.98. The number of amides is 1. The highest BCUT2D eigenvalue weighted by Crippen LogP contribution is 2.17. The number of carbonyl (C=O) groups is 1. The van der Waals surface area contributed by atoms with Gasteiger partial charge in [-0.3, -0.25) is 9.48 Å². The summed E-state index contributed by atoms with van der Waals surface area (Å²) < 4.78 is 7.00. The first-order chi connectivity index (χ1) is 11.1. The second kappa shape index (κ2) is 6.62. The van der Waals surface area contributed by atoms with Gasteiger partial charge in [0.25, 0.3) is 5.91 Å². The number of rotatable bonds is 5. The zero-order valence-corrected chi connectivity index (χ0v) is 13.1. The Bertz CT molecular complexity index is 812. The lowest BCUT2D eigenvalue weighted by atomic mass is 10.2. The minimum atomic E-state index is -0.286. The van der Waals surface area contributed by atoms with E-state index in [9.17, 15) is 4.79 Å². The zero-order valence-electron chi connectivity index (χ0n) is 12.4. The number of halogens is 1. The Balaban J connectivity index is 1.56. The van der Waals surface area contributed by atoms with Gasteiger partial charge in [0.05, 0.1) is 11.8 Å². The molecule has 0 spiro atoms. The summed E-state index contributed by atoms with van der Waals surface area (Å²) in [5, 5.41) is 14.9. The average molecular weight is 332 g/mol. The molecule has 7 nitrogen and oxygen atoms in total. The lowest BCUT2D eigenvalue weighted by Crippen LogP contribution is -2.25. The van der Waals surface area contributed by atoms with Crippen LogP contribution < -0.4 is 5.32 Å². The number of benzene rings is 1. The van der Waals surface area contributed by atoms with E-state index in [0.717, 1.165) is 5.56 Å². The molecule has 1 amide bonds. The average Bonchev–Trinajstić information content (AvgIpc) is 3.16. The van der Waals surface area contributed by atoms with Gasteiger partial charge >= 0.3 is 0 Å². The Kier molecular flexibility index (Phi) is 4.38. The Morgan fingerprint density at radius 3 is 2.78 bits per heavy atom. The van der Waals surface area contributed by atoms with E-state index in [1.54, 1.807) is 7.05 Å². The van der Waals surface area contributed by atoms with Crippen molar-refractivity contribution in [3.8, 4) is 11.5 Å². The van der Waals surface area contributed by atoms with Crippen molar-refractivity contribution < 1.29 is 9.21 Å². The number of nitrogens with zero attached hydrogens (tertiary/aromatic N) is 4. The van der Waals surface area contributed by atoms with Crippen LogP contribution in [0, 0.1) is 0 Å². The highest BCUT2D eigenvalue weighted by molar-refractivity contribution is 6.32. The van der Waals surface area contributed by atoms with Crippen LogP contribution >= 0.6 is 11.6 Å². The van der Waals surface area contributed by atoms with E-state index < -0.39 is 0 Å². The molecule has 2 heterocycles. The highest BCUT2D eigenvalue weighted by atomic mass is 35.5.